The number of nitrogens with zero attached hydrogens (tertiary/aromatic N) is 3. The number of halogens is 1. The normalized spacial score (nSPS) is 11.3. The highest BCUT2D eigenvalue weighted by atomic mass is 79.9. The lowest BCUT2D eigenvalue weighted by Gasteiger charge is -2.07. The van der Waals surface area contributed by atoms with Crippen molar-refractivity contribution in [3.8, 4) is 5.88 Å². The largest absolute Gasteiger partial charge is 0.493 e. The minimum atomic E-state index is -1.00. The summed E-state index contributed by atoms with van der Waals surface area (Å²) in [6.07, 6.45) is 0. The Hall–Kier alpha value is -3.45. The van der Waals surface area contributed by atoms with Gasteiger partial charge in [0.05, 0.1) is 23.3 Å². The Labute approximate surface area is 174 Å². The molecule has 0 spiro atoms. The van der Waals surface area contributed by atoms with Crippen LogP contribution in [0.1, 0.15) is 15.9 Å². The van der Waals surface area contributed by atoms with Crippen molar-refractivity contribution in [3.63, 3.8) is 0 Å². The van der Waals surface area contributed by atoms with Crippen LogP contribution in [0.2, 0.25) is 0 Å². The number of carboxylic acid groups (broad SMARTS) is 1. The van der Waals surface area contributed by atoms with E-state index < -0.39 is 5.97 Å². The van der Waals surface area contributed by atoms with Gasteiger partial charge in [0.1, 0.15) is 0 Å². The number of hydrogen-bond donors (Lipinski definition) is 2. The summed E-state index contributed by atoms with van der Waals surface area (Å²) in [6.45, 7) is 0.494. The van der Waals surface area contributed by atoms with Crippen LogP contribution in [0.4, 0.5) is 11.4 Å². The molecule has 2 N–H and O–H groups in total. The first-order chi connectivity index (χ1) is 14.0. The molecule has 6 nitrogen and oxygen atoms in total. The van der Waals surface area contributed by atoms with E-state index in [9.17, 15) is 9.90 Å². The number of fused-ring (bicyclic) bond motifs is 1. The molecule has 1 aromatic heterocycles. The van der Waals surface area contributed by atoms with Crippen LogP contribution in [-0.4, -0.2) is 20.7 Å². The van der Waals surface area contributed by atoms with E-state index in [0.29, 0.717) is 17.9 Å². The molecule has 0 saturated heterocycles. The predicted octanol–water partition coefficient (Wildman–Crippen LogP) is 6.27. The molecule has 4 aromatic rings. The molecule has 0 amide bonds. The van der Waals surface area contributed by atoms with Crippen LogP contribution >= 0.6 is 15.9 Å². The van der Waals surface area contributed by atoms with E-state index >= 15 is 0 Å². The monoisotopic (exact) mass is 449 g/mol. The number of hydrogen-bond acceptors (Lipinski definition) is 4. The number of aromatic carboxylic acids is 1. The van der Waals surface area contributed by atoms with E-state index in [1.165, 1.54) is 12.1 Å². The Bertz CT molecular complexity index is 1220. The van der Waals surface area contributed by atoms with Gasteiger partial charge >= 0.3 is 5.97 Å². The molecule has 0 bridgehead atoms. The molecule has 4 rings (SSSR count). The van der Waals surface area contributed by atoms with Crippen LogP contribution in [0.5, 0.6) is 5.88 Å². The number of aromatic nitrogens is 1. The summed E-state index contributed by atoms with van der Waals surface area (Å²) in [6, 6.07) is 21.6. The minimum absolute atomic E-state index is 0.0212. The Balaban J connectivity index is 1.76. The second-order valence-electron chi connectivity index (χ2n) is 6.46. The van der Waals surface area contributed by atoms with Gasteiger partial charge < -0.3 is 14.8 Å². The van der Waals surface area contributed by atoms with Crippen molar-refractivity contribution in [1.82, 2.24) is 4.57 Å². The van der Waals surface area contributed by atoms with Gasteiger partial charge in [-0.1, -0.05) is 46.3 Å². The number of azo groups is 1. The van der Waals surface area contributed by atoms with E-state index in [-0.39, 0.29) is 11.4 Å². The van der Waals surface area contributed by atoms with Crippen molar-refractivity contribution in [2.45, 2.75) is 6.54 Å². The standard InChI is InChI=1S/C22H16BrN3O3/c23-16-8-11-19-18(12-16)20(21(27)26(19)13-14-4-2-1-3-5-14)25-24-17-9-6-15(7-10-17)22(28)29/h1-12,27H,13H2,(H,28,29). The number of carbonyl (C=O) groups is 1. The van der Waals surface area contributed by atoms with Gasteiger partial charge in [0.25, 0.3) is 0 Å². The van der Waals surface area contributed by atoms with Crippen LogP contribution in [-0.2, 0) is 6.54 Å². The van der Waals surface area contributed by atoms with Crippen molar-refractivity contribution < 1.29 is 15.0 Å². The highest BCUT2D eigenvalue weighted by Gasteiger charge is 2.17. The Morgan fingerprint density at radius 2 is 1.69 bits per heavy atom. The summed E-state index contributed by atoms with van der Waals surface area (Å²) in [7, 11) is 0. The minimum Gasteiger partial charge on any atom is -0.493 e. The van der Waals surface area contributed by atoms with E-state index in [4.69, 9.17) is 5.11 Å². The number of rotatable bonds is 5. The quantitative estimate of drug-likeness (QED) is 0.351. The SMILES string of the molecule is O=C(O)c1ccc(N=Nc2c(O)n(Cc3ccccc3)c3ccc(Br)cc23)cc1. The van der Waals surface area contributed by atoms with E-state index in [1.807, 2.05) is 48.5 Å². The van der Waals surface area contributed by atoms with Crippen molar-refractivity contribution >= 4 is 44.2 Å². The highest BCUT2D eigenvalue weighted by Crippen LogP contribution is 2.41. The van der Waals surface area contributed by atoms with Crippen LogP contribution in [0.3, 0.4) is 0 Å². The van der Waals surface area contributed by atoms with E-state index in [1.54, 1.807) is 16.7 Å². The van der Waals surface area contributed by atoms with Gasteiger partial charge in [-0.3, -0.25) is 0 Å². The molecule has 3 aromatic carbocycles. The predicted molar refractivity (Wildman–Crippen MR) is 114 cm³/mol. The average molecular weight is 450 g/mol. The summed E-state index contributed by atoms with van der Waals surface area (Å²) in [5.74, 6) is -0.979. The highest BCUT2D eigenvalue weighted by molar-refractivity contribution is 9.10. The molecule has 0 aliphatic rings. The third-order valence-electron chi connectivity index (χ3n) is 4.54. The molecular formula is C22H16BrN3O3. The van der Waals surface area contributed by atoms with Gasteiger partial charge in [-0.05, 0) is 48.0 Å². The fraction of sp³-hybridized carbons (Fsp3) is 0.0455. The van der Waals surface area contributed by atoms with Crippen LogP contribution < -0.4 is 0 Å². The Morgan fingerprint density at radius 1 is 0.966 bits per heavy atom. The lowest BCUT2D eigenvalue weighted by Crippen LogP contribution is -1.98. The van der Waals surface area contributed by atoms with Gasteiger partial charge in [-0.15, -0.1) is 5.11 Å². The number of benzene rings is 3. The molecule has 144 valence electrons. The molecule has 1 heterocycles. The maximum Gasteiger partial charge on any atom is 0.335 e. The fourth-order valence-corrected chi connectivity index (χ4v) is 3.46. The number of carboxylic acids is 1. The van der Waals surface area contributed by atoms with Gasteiger partial charge in [0.2, 0.25) is 5.88 Å². The molecule has 29 heavy (non-hydrogen) atoms. The molecule has 7 heteroatoms. The first kappa shape index (κ1) is 18.9. The van der Waals surface area contributed by atoms with Crippen LogP contribution in [0.25, 0.3) is 10.9 Å². The zero-order valence-electron chi connectivity index (χ0n) is 15.2. The lowest BCUT2D eigenvalue weighted by atomic mass is 10.2. The van der Waals surface area contributed by atoms with Gasteiger partial charge in [0, 0.05) is 9.86 Å². The van der Waals surface area contributed by atoms with Crippen molar-refractivity contribution in [3.05, 3.63) is 88.4 Å². The summed E-state index contributed by atoms with van der Waals surface area (Å²) < 4.78 is 2.66. The Kier molecular flexibility index (Phi) is 5.14. The maximum absolute atomic E-state index is 11.0. The van der Waals surface area contributed by atoms with Crippen LogP contribution in [0.15, 0.2) is 87.5 Å². The first-order valence-electron chi connectivity index (χ1n) is 8.82. The van der Waals surface area contributed by atoms with E-state index in [0.717, 1.165) is 20.9 Å². The third kappa shape index (κ3) is 3.90. The second-order valence-corrected chi connectivity index (χ2v) is 7.37. The second kappa shape index (κ2) is 7.89. The number of aromatic hydroxyl groups is 1. The molecule has 0 radical (unpaired) electrons. The van der Waals surface area contributed by atoms with Gasteiger partial charge in [0.15, 0.2) is 5.69 Å². The zero-order valence-corrected chi connectivity index (χ0v) is 16.7. The molecule has 0 aliphatic heterocycles. The lowest BCUT2D eigenvalue weighted by molar-refractivity contribution is 0.0697. The molecule has 0 unspecified atom stereocenters. The summed E-state index contributed by atoms with van der Waals surface area (Å²) >= 11 is 3.47. The van der Waals surface area contributed by atoms with E-state index in [2.05, 4.69) is 26.2 Å². The third-order valence-corrected chi connectivity index (χ3v) is 5.03. The summed E-state index contributed by atoms with van der Waals surface area (Å²) in [5, 5.41) is 29.1. The summed E-state index contributed by atoms with van der Waals surface area (Å²) in [4.78, 5) is 11.0. The molecule has 0 aliphatic carbocycles. The topological polar surface area (TPSA) is 87.2 Å². The van der Waals surface area contributed by atoms with Crippen molar-refractivity contribution in [1.29, 1.82) is 0 Å². The first-order valence-corrected chi connectivity index (χ1v) is 9.62. The fourth-order valence-electron chi connectivity index (χ4n) is 3.10. The van der Waals surface area contributed by atoms with Gasteiger partial charge in [-0.2, -0.15) is 5.11 Å². The smallest absolute Gasteiger partial charge is 0.335 e. The van der Waals surface area contributed by atoms with Crippen molar-refractivity contribution in [2.24, 2.45) is 10.2 Å². The van der Waals surface area contributed by atoms with Gasteiger partial charge in [-0.25, -0.2) is 4.79 Å². The summed E-state index contributed by atoms with van der Waals surface area (Å²) in [5.41, 5.74) is 2.92. The zero-order chi connectivity index (χ0) is 20.4. The molecule has 0 fully saturated rings. The molecule has 0 saturated carbocycles. The average Bonchev–Trinajstić information content (AvgIpc) is 2.98. The maximum atomic E-state index is 11.0. The van der Waals surface area contributed by atoms with Crippen LogP contribution in [0, 0.1) is 0 Å². The molecule has 0 atom stereocenters. The Morgan fingerprint density at radius 3 is 2.38 bits per heavy atom. The van der Waals surface area contributed by atoms with Crippen molar-refractivity contribution in [2.75, 3.05) is 0 Å². The molecular weight excluding hydrogens is 434 g/mol.